The van der Waals surface area contributed by atoms with Crippen molar-refractivity contribution in [3.8, 4) is 0 Å². The molecule has 0 aliphatic rings. The Balaban J connectivity index is 2.68. The molecule has 94 valence electrons. The maximum absolute atomic E-state index is 13.5. The van der Waals surface area contributed by atoms with Gasteiger partial charge in [-0.05, 0) is 18.6 Å². The zero-order valence-corrected chi connectivity index (χ0v) is 10.1. The number of aryl methyl sites for hydroxylation is 1. The van der Waals surface area contributed by atoms with Crippen molar-refractivity contribution < 1.29 is 17.6 Å². The van der Waals surface area contributed by atoms with Crippen molar-refractivity contribution in [1.29, 1.82) is 0 Å². The van der Waals surface area contributed by atoms with Crippen LogP contribution < -0.4 is 10.5 Å². The molecule has 0 spiro atoms. The van der Waals surface area contributed by atoms with Gasteiger partial charge in [0.2, 0.25) is 10.0 Å². The lowest BCUT2D eigenvalue weighted by Crippen LogP contribution is -2.32. The van der Waals surface area contributed by atoms with Gasteiger partial charge in [-0.2, -0.15) is 0 Å². The number of halogens is 1. The third-order valence-electron chi connectivity index (χ3n) is 2.11. The van der Waals surface area contributed by atoms with E-state index in [1.807, 2.05) is 0 Å². The maximum Gasteiger partial charge on any atom is 0.254 e. The monoisotopic (exact) mass is 260 g/mol. The van der Waals surface area contributed by atoms with Gasteiger partial charge in [0, 0.05) is 6.54 Å². The summed E-state index contributed by atoms with van der Waals surface area (Å²) in [6.45, 7) is 1.39. The van der Waals surface area contributed by atoms with Gasteiger partial charge >= 0.3 is 0 Å². The Hall–Kier alpha value is -1.47. The predicted molar refractivity (Wildman–Crippen MR) is 61.4 cm³/mol. The lowest BCUT2D eigenvalue weighted by atomic mass is 10.1. The molecule has 0 aliphatic heterocycles. The molecule has 0 saturated carbocycles. The van der Waals surface area contributed by atoms with Crippen LogP contribution in [0.2, 0.25) is 0 Å². The molecule has 0 bridgehead atoms. The van der Waals surface area contributed by atoms with E-state index in [-0.39, 0.29) is 17.9 Å². The molecule has 7 heteroatoms. The minimum absolute atomic E-state index is 0.112. The van der Waals surface area contributed by atoms with E-state index >= 15 is 0 Å². The van der Waals surface area contributed by atoms with E-state index in [1.54, 1.807) is 6.07 Å². The second kappa shape index (κ2) is 5.24. The SMILES string of the molecule is Cc1cccc(C(=O)NCCS(N)(=O)=O)c1F. The van der Waals surface area contributed by atoms with Gasteiger partial charge in [-0.3, -0.25) is 4.79 Å². The molecule has 0 aliphatic carbocycles. The summed E-state index contributed by atoms with van der Waals surface area (Å²) in [6.07, 6.45) is 0. The van der Waals surface area contributed by atoms with Crippen LogP contribution >= 0.6 is 0 Å². The van der Waals surface area contributed by atoms with Crippen molar-refractivity contribution in [2.45, 2.75) is 6.92 Å². The summed E-state index contributed by atoms with van der Waals surface area (Å²) < 4.78 is 34.8. The molecule has 1 aromatic carbocycles. The second-order valence-electron chi connectivity index (χ2n) is 3.56. The number of benzene rings is 1. The van der Waals surface area contributed by atoms with Gasteiger partial charge in [0.1, 0.15) is 5.82 Å². The van der Waals surface area contributed by atoms with Crippen LogP contribution in [-0.2, 0) is 10.0 Å². The molecule has 1 aromatic rings. The zero-order valence-electron chi connectivity index (χ0n) is 9.23. The molecule has 3 N–H and O–H groups in total. The van der Waals surface area contributed by atoms with Crippen LogP contribution in [0.4, 0.5) is 4.39 Å². The third kappa shape index (κ3) is 4.12. The topological polar surface area (TPSA) is 89.3 Å². The Labute approximate surface area is 98.9 Å². The van der Waals surface area contributed by atoms with Gasteiger partial charge < -0.3 is 5.32 Å². The molecule has 0 unspecified atom stereocenters. The molecule has 0 fully saturated rings. The highest BCUT2D eigenvalue weighted by Crippen LogP contribution is 2.11. The molecule has 0 aromatic heterocycles. The summed E-state index contributed by atoms with van der Waals surface area (Å²) in [7, 11) is -3.63. The summed E-state index contributed by atoms with van der Waals surface area (Å²) in [4.78, 5) is 11.5. The predicted octanol–water partition coefficient (Wildman–Crippen LogP) is 0.152. The molecule has 5 nitrogen and oxygen atoms in total. The lowest BCUT2D eigenvalue weighted by Gasteiger charge is -2.06. The van der Waals surface area contributed by atoms with E-state index in [0.717, 1.165) is 0 Å². The first-order valence-electron chi connectivity index (χ1n) is 4.85. The number of rotatable bonds is 4. The fourth-order valence-electron chi connectivity index (χ4n) is 1.22. The molecule has 0 saturated heterocycles. The number of hydrogen-bond donors (Lipinski definition) is 2. The van der Waals surface area contributed by atoms with Crippen LogP contribution in [0, 0.1) is 12.7 Å². The summed E-state index contributed by atoms with van der Waals surface area (Å²) in [5.41, 5.74) is 0.239. The van der Waals surface area contributed by atoms with E-state index in [0.29, 0.717) is 5.56 Å². The van der Waals surface area contributed by atoms with Gasteiger partial charge in [-0.15, -0.1) is 0 Å². The largest absolute Gasteiger partial charge is 0.351 e. The van der Waals surface area contributed by atoms with Crippen LogP contribution in [0.25, 0.3) is 0 Å². The summed E-state index contributed by atoms with van der Waals surface area (Å²) in [5.74, 6) is -1.65. The summed E-state index contributed by atoms with van der Waals surface area (Å²) >= 11 is 0. The lowest BCUT2D eigenvalue weighted by molar-refractivity contribution is 0.0952. The zero-order chi connectivity index (χ0) is 13.1. The average Bonchev–Trinajstić information content (AvgIpc) is 2.20. The van der Waals surface area contributed by atoms with Crippen LogP contribution in [0.15, 0.2) is 18.2 Å². The number of nitrogens with two attached hydrogens (primary N) is 1. The van der Waals surface area contributed by atoms with Gasteiger partial charge in [0.05, 0.1) is 11.3 Å². The Morgan fingerprint density at radius 3 is 2.71 bits per heavy atom. The van der Waals surface area contributed by atoms with E-state index < -0.39 is 21.7 Å². The first-order chi connectivity index (χ1) is 7.81. The molecule has 17 heavy (non-hydrogen) atoms. The molecule has 0 radical (unpaired) electrons. The van der Waals surface area contributed by atoms with E-state index in [9.17, 15) is 17.6 Å². The van der Waals surface area contributed by atoms with E-state index in [1.165, 1.54) is 19.1 Å². The number of nitrogens with one attached hydrogen (secondary N) is 1. The minimum Gasteiger partial charge on any atom is -0.351 e. The maximum atomic E-state index is 13.5. The normalized spacial score (nSPS) is 11.2. The fraction of sp³-hybridized carbons (Fsp3) is 0.300. The van der Waals surface area contributed by atoms with Crippen LogP contribution in [0.1, 0.15) is 15.9 Å². The Morgan fingerprint density at radius 2 is 2.12 bits per heavy atom. The number of sulfonamides is 1. The number of carbonyl (C=O) groups excluding carboxylic acids is 1. The second-order valence-corrected chi connectivity index (χ2v) is 5.29. The molecule has 1 amide bonds. The molecule has 1 rings (SSSR count). The van der Waals surface area contributed by atoms with Gasteiger partial charge in [0.15, 0.2) is 0 Å². The van der Waals surface area contributed by atoms with Crippen molar-refractivity contribution in [2.75, 3.05) is 12.3 Å². The smallest absolute Gasteiger partial charge is 0.254 e. The third-order valence-corrected chi connectivity index (χ3v) is 2.88. The van der Waals surface area contributed by atoms with Crippen LogP contribution in [0.3, 0.4) is 0 Å². The molecular formula is C10H13FN2O3S. The highest BCUT2D eigenvalue weighted by atomic mass is 32.2. The molecular weight excluding hydrogens is 247 g/mol. The standard InChI is InChI=1S/C10H13FN2O3S/c1-7-3-2-4-8(9(7)11)10(14)13-5-6-17(12,15)16/h2-4H,5-6H2,1H3,(H,13,14)(H2,12,15,16). The van der Waals surface area contributed by atoms with Crippen LogP contribution in [-0.4, -0.2) is 26.6 Å². The van der Waals surface area contributed by atoms with Crippen molar-refractivity contribution in [3.63, 3.8) is 0 Å². The first kappa shape index (κ1) is 13.6. The molecule has 0 heterocycles. The minimum atomic E-state index is -3.63. The van der Waals surface area contributed by atoms with Crippen molar-refractivity contribution in [2.24, 2.45) is 5.14 Å². The molecule has 0 atom stereocenters. The van der Waals surface area contributed by atoms with E-state index in [4.69, 9.17) is 5.14 Å². The number of primary sulfonamides is 1. The van der Waals surface area contributed by atoms with Crippen molar-refractivity contribution >= 4 is 15.9 Å². The van der Waals surface area contributed by atoms with E-state index in [2.05, 4.69) is 5.32 Å². The number of hydrogen-bond acceptors (Lipinski definition) is 3. The number of carbonyl (C=O) groups is 1. The van der Waals surface area contributed by atoms with Gasteiger partial charge in [-0.1, -0.05) is 12.1 Å². The average molecular weight is 260 g/mol. The van der Waals surface area contributed by atoms with Gasteiger partial charge in [-0.25, -0.2) is 17.9 Å². The highest BCUT2D eigenvalue weighted by Gasteiger charge is 2.13. The van der Waals surface area contributed by atoms with Crippen LogP contribution in [0.5, 0.6) is 0 Å². The van der Waals surface area contributed by atoms with Crippen molar-refractivity contribution in [3.05, 3.63) is 35.1 Å². The fourth-order valence-corrected chi connectivity index (χ4v) is 1.61. The summed E-state index contributed by atoms with van der Waals surface area (Å²) in [5, 5.41) is 7.05. The number of amides is 1. The Morgan fingerprint density at radius 1 is 1.47 bits per heavy atom. The quantitative estimate of drug-likeness (QED) is 0.807. The first-order valence-corrected chi connectivity index (χ1v) is 6.56. The summed E-state index contributed by atoms with van der Waals surface area (Å²) in [6, 6.07) is 4.41. The Kier molecular flexibility index (Phi) is 4.19. The Bertz CT molecular complexity index is 528. The van der Waals surface area contributed by atoms with Crippen molar-refractivity contribution in [1.82, 2.24) is 5.32 Å². The van der Waals surface area contributed by atoms with Gasteiger partial charge in [0.25, 0.3) is 5.91 Å². The highest BCUT2D eigenvalue weighted by molar-refractivity contribution is 7.89.